The summed E-state index contributed by atoms with van der Waals surface area (Å²) in [6, 6.07) is 13.6. The van der Waals surface area contributed by atoms with Crippen LogP contribution in [0.1, 0.15) is 76.5 Å². The molecule has 254 valence electrons. The molecule has 0 unspecified atom stereocenters. The molecule has 4 rings (SSSR count). The van der Waals surface area contributed by atoms with Crippen molar-refractivity contribution in [3.63, 3.8) is 0 Å². The average molecular weight is 645 g/mol. The zero-order valence-corrected chi connectivity index (χ0v) is 28.1. The molecule has 9 heteroatoms. The Balaban J connectivity index is 1.45. The van der Waals surface area contributed by atoms with Gasteiger partial charge in [0.05, 0.1) is 18.1 Å². The molecular formula is C38H52N4O5. The van der Waals surface area contributed by atoms with E-state index in [2.05, 4.69) is 27.5 Å². The molecule has 2 aliphatic carbocycles. The van der Waals surface area contributed by atoms with Crippen molar-refractivity contribution >= 4 is 17.7 Å². The summed E-state index contributed by atoms with van der Waals surface area (Å²) in [5.74, 6) is 4.11. The van der Waals surface area contributed by atoms with E-state index in [1.165, 1.54) is 6.42 Å². The lowest BCUT2D eigenvalue weighted by Gasteiger charge is -2.33. The lowest BCUT2D eigenvalue weighted by molar-refractivity contribution is -0.137. The highest BCUT2D eigenvalue weighted by molar-refractivity contribution is 5.92. The third-order valence-corrected chi connectivity index (χ3v) is 9.36. The van der Waals surface area contributed by atoms with Gasteiger partial charge in [0.1, 0.15) is 18.1 Å². The van der Waals surface area contributed by atoms with E-state index in [4.69, 9.17) is 0 Å². The Morgan fingerprint density at radius 3 is 2.30 bits per heavy atom. The van der Waals surface area contributed by atoms with Crippen LogP contribution in [0.3, 0.4) is 0 Å². The molecule has 1 aromatic heterocycles. The molecule has 0 saturated heterocycles. The van der Waals surface area contributed by atoms with Crippen LogP contribution in [0, 0.1) is 35.5 Å². The number of hydrogen-bond donors (Lipinski definition) is 4. The number of benzene rings is 1. The predicted octanol–water partition coefficient (Wildman–Crippen LogP) is 3.67. The second-order valence-corrected chi connectivity index (χ2v) is 13.8. The van der Waals surface area contributed by atoms with Gasteiger partial charge in [0.15, 0.2) is 0 Å². The van der Waals surface area contributed by atoms with Gasteiger partial charge < -0.3 is 25.7 Å². The Morgan fingerprint density at radius 1 is 0.957 bits per heavy atom. The van der Waals surface area contributed by atoms with Crippen LogP contribution in [0.4, 0.5) is 0 Å². The Kier molecular flexibility index (Phi) is 13.8. The fraction of sp³-hybridized carbons (Fsp3) is 0.579. The number of pyridine rings is 1. The van der Waals surface area contributed by atoms with E-state index >= 15 is 0 Å². The van der Waals surface area contributed by atoms with Gasteiger partial charge in [-0.1, -0.05) is 94.2 Å². The zero-order chi connectivity index (χ0) is 33.8. The molecule has 0 bridgehead atoms. The smallest absolute Gasteiger partial charge is 0.245 e. The minimum atomic E-state index is -1.13. The van der Waals surface area contributed by atoms with Crippen molar-refractivity contribution < 1.29 is 24.6 Å². The second-order valence-electron chi connectivity index (χ2n) is 13.8. The molecule has 0 aliphatic heterocycles. The second kappa shape index (κ2) is 18.0. The molecule has 2 aromatic rings. The first-order valence-corrected chi connectivity index (χ1v) is 17.3. The maximum atomic E-state index is 13.9. The summed E-state index contributed by atoms with van der Waals surface area (Å²) in [6.07, 6.45) is 6.95. The number of amides is 3. The maximum Gasteiger partial charge on any atom is 0.245 e. The molecule has 9 nitrogen and oxygen atoms in total. The summed E-state index contributed by atoms with van der Waals surface area (Å²) >= 11 is 0. The SMILES string of the molecule is CC(C)C[C@H](O)[C@H](O)[C@H](CC1CCCCC1)NC(=O)[C@@H](NC(=O)[C@@H](CC(=O)N(C)CCc1ccccn1)Cc1ccccc1)C1C#C1. The zero-order valence-electron chi connectivity index (χ0n) is 28.1. The molecule has 1 aromatic carbocycles. The van der Waals surface area contributed by atoms with Gasteiger partial charge in [-0.25, -0.2) is 0 Å². The van der Waals surface area contributed by atoms with Crippen molar-refractivity contribution in [1.82, 2.24) is 20.5 Å². The molecule has 1 saturated carbocycles. The van der Waals surface area contributed by atoms with Gasteiger partial charge in [-0.3, -0.25) is 19.4 Å². The largest absolute Gasteiger partial charge is 0.390 e. The minimum Gasteiger partial charge on any atom is -0.390 e. The number of rotatable bonds is 18. The van der Waals surface area contributed by atoms with Crippen LogP contribution in [-0.4, -0.2) is 75.7 Å². The Hall–Kier alpha value is -3.74. The third-order valence-electron chi connectivity index (χ3n) is 9.36. The maximum absolute atomic E-state index is 13.9. The third kappa shape index (κ3) is 11.8. The number of carbonyl (C=O) groups is 3. The van der Waals surface area contributed by atoms with Gasteiger partial charge in [0, 0.05) is 38.3 Å². The van der Waals surface area contributed by atoms with E-state index in [1.807, 2.05) is 62.4 Å². The highest BCUT2D eigenvalue weighted by Crippen LogP contribution is 2.29. The molecule has 47 heavy (non-hydrogen) atoms. The number of nitrogens with zero attached hydrogens (tertiary/aromatic N) is 2. The van der Waals surface area contributed by atoms with E-state index in [1.54, 1.807) is 18.1 Å². The fourth-order valence-corrected chi connectivity index (χ4v) is 6.49. The van der Waals surface area contributed by atoms with Gasteiger partial charge in [-0.2, -0.15) is 0 Å². The minimum absolute atomic E-state index is 0.0241. The average Bonchev–Trinajstić information content (AvgIpc) is 3.91. The molecule has 1 heterocycles. The summed E-state index contributed by atoms with van der Waals surface area (Å²) in [5.41, 5.74) is 1.79. The standard InChI is InChI=1S/C38H52N4O5/c1-26(2)22-33(43)36(45)32(24-28-14-8-5-9-15-28)40-38(47)35(29-17-18-29)41-37(46)30(23-27-12-6-4-7-13-27)25-34(44)42(3)21-19-31-16-10-11-20-39-31/h4,6-7,10-13,16,20,26,28-30,32-33,35-36,43,45H,5,8-9,14-15,19,21-25H2,1-3H3,(H,40,47)(H,41,46)/t30-,32+,33+,35+,36-/m1/s1. The first kappa shape index (κ1) is 36.1. The number of hydrogen-bond acceptors (Lipinski definition) is 6. The van der Waals surface area contributed by atoms with E-state index < -0.39 is 47.9 Å². The van der Waals surface area contributed by atoms with Crippen molar-refractivity contribution in [1.29, 1.82) is 0 Å². The van der Waals surface area contributed by atoms with Crippen LogP contribution in [0.15, 0.2) is 54.7 Å². The Morgan fingerprint density at radius 2 is 1.66 bits per heavy atom. The lowest BCUT2D eigenvalue weighted by Crippen LogP contribution is -2.57. The highest BCUT2D eigenvalue weighted by atomic mass is 16.3. The monoisotopic (exact) mass is 644 g/mol. The number of aliphatic hydroxyl groups excluding tert-OH is 2. The van der Waals surface area contributed by atoms with E-state index in [0.29, 0.717) is 38.1 Å². The number of likely N-dealkylation sites (N-methyl/N-ethyl adjacent to an activating group) is 1. The van der Waals surface area contributed by atoms with Crippen LogP contribution in [0.25, 0.3) is 0 Å². The quantitative estimate of drug-likeness (QED) is 0.183. The number of nitrogens with one attached hydrogen (secondary N) is 2. The van der Waals surface area contributed by atoms with Crippen LogP contribution in [-0.2, 0) is 27.2 Å². The van der Waals surface area contributed by atoms with E-state index in [9.17, 15) is 24.6 Å². The summed E-state index contributed by atoms with van der Waals surface area (Å²) in [7, 11) is 1.72. The molecular weight excluding hydrogens is 592 g/mol. The molecule has 4 N–H and O–H groups in total. The molecule has 2 aliphatic rings. The van der Waals surface area contributed by atoms with Crippen molar-refractivity contribution in [2.75, 3.05) is 13.6 Å². The first-order valence-electron chi connectivity index (χ1n) is 17.3. The topological polar surface area (TPSA) is 132 Å². The van der Waals surface area contributed by atoms with Crippen molar-refractivity contribution in [2.45, 2.75) is 102 Å². The van der Waals surface area contributed by atoms with E-state index in [0.717, 1.165) is 36.9 Å². The van der Waals surface area contributed by atoms with Gasteiger partial charge in [0.25, 0.3) is 0 Å². The van der Waals surface area contributed by atoms with Gasteiger partial charge >= 0.3 is 0 Å². The van der Waals surface area contributed by atoms with Crippen LogP contribution in [0.5, 0.6) is 0 Å². The van der Waals surface area contributed by atoms with Crippen molar-refractivity contribution in [3.8, 4) is 11.8 Å². The predicted molar refractivity (Wildman–Crippen MR) is 182 cm³/mol. The van der Waals surface area contributed by atoms with Gasteiger partial charge in [-0.15, -0.1) is 0 Å². The van der Waals surface area contributed by atoms with Gasteiger partial charge in [0.2, 0.25) is 17.7 Å². The number of carbonyl (C=O) groups excluding carboxylic acids is 3. The molecule has 0 spiro atoms. The Labute approximate surface area is 279 Å². The lowest BCUT2D eigenvalue weighted by atomic mass is 9.82. The van der Waals surface area contributed by atoms with Crippen LogP contribution < -0.4 is 10.6 Å². The molecule has 3 amide bonds. The fourth-order valence-electron chi connectivity index (χ4n) is 6.49. The summed E-state index contributed by atoms with van der Waals surface area (Å²) in [5, 5.41) is 27.9. The Bertz CT molecular complexity index is 1340. The van der Waals surface area contributed by atoms with Crippen molar-refractivity contribution in [2.24, 2.45) is 23.7 Å². The number of aliphatic hydroxyl groups is 2. The molecule has 1 fully saturated rings. The van der Waals surface area contributed by atoms with Crippen LogP contribution in [0.2, 0.25) is 0 Å². The molecule has 5 atom stereocenters. The van der Waals surface area contributed by atoms with Crippen molar-refractivity contribution in [3.05, 3.63) is 66.0 Å². The number of aromatic nitrogens is 1. The summed E-state index contributed by atoms with van der Waals surface area (Å²) in [4.78, 5) is 47.0. The van der Waals surface area contributed by atoms with Crippen LogP contribution >= 0.6 is 0 Å². The van der Waals surface area contributed by atoms with E-state index in [-0.39, 0.29) is 18.2 Å². The molecule has 0 radical (unpaired) electrons. The van der Waals surface area contributed by atoms with Gasteiger partial charge in [-0.05, 0) is 48.8 Å². The summed E-state index contributed by atoms with van der Waals surface area (Å²) < 4.78 is 0. The first-order chi connectivity index (χ1) is 22.6. The summed E-state index contributed by atoms with van der Waals surface area (Å²) in [6.45, 7) is 4.43. The highest BCUT2D eigenvalue weighted by Gasteiger charge is 2.38. The normalized spacial score (nSPS) is 17.8.